The molecule has 1 aromatic rings. The lowest BCUT2D eigenvalue weighted by atomic mass is 10.1. The second-order valence-corrected chi connectivity index (χ2v) is 5.24. The number of carbonyl (C=O) groups excluding carboxylic acids is 1. The van der Waals surface area contributed by atoms with E-state index in [0.717, 1.165) is 13.1 Å². The first-order valence-electron chi connectivity index (χ1n) is 6.04. The molecule has 0 saturated carbocycles. The summed E-state index contributed by atoms with van der Waals surface area (Å²) in [5, 5.41) is 0.583. The highest BCUT2D eigenvalue weighted by Crippen LogP contribution is 2.17. The van der Waals surface area contributed by atoms with Gasteiger partial charge in [-0.25, -0.2) is 0 Å². The molecule has 1 unspecified atom stereocenters. The van der Waals surface area contributed by atoms with E-state index in [2.05, 4.69) is 4.90 Å². The van der Waals surface area contributed by atoms with Gasteiger partial charge in [0.15, 0.2) is 0 Å². The standard InChI is InChI=1S/C12H19ClN4O/c1-15-3-4-17(10(6-14)8-15)12(18)11-5-9(13)7-16(11)2/h5,7,10H,3-4,6,8,14H2,1-2H3. The predicted octanol–water partition coefficient (Wildman–Crippen LogP) is 0.393. The van der Waals surface area contributed by atoms with Gasteiger partial charge in [0.25, 0.3) is 5.91 Å². The van der Waals surface area contributed by atoms with Gasteiger partial charge in [-0.1, -0.05) is 11.6 Å². The molecule has 0 bridgehead atoms. The molecular weight excluding hydrogens is 252 g/mol. The van der Waals surface area contributed by atoms with Crippen molar-refractivity contribution in [3.63, 3.8) is 0 Å². The van der Waals surface area contributed by atoms with Crippen molar-refractivity contribution in [1.82, 2.24) is 14.4 Å². The second-order valence-electron chi connectivity index (χ2n) is 4.80. The topological polar surface area (TPSA) is 54.5 Å². The van der Waals surface area contributed by atoms with Crippen molar-refractivity contribution in [2.24, 2.45) is 12.8 Å². The number of hydrogen-bond donors (Lipinski definition) is 1. The number of nitrogens with zero attached hydrogens (tertiary/aromatic N) is 3. The molecule has 6 heteroatoms. The van der Waals surface area contributed by atoms with E-state index >= 15 is 0 Å². The first kappa shape index (κ1) is 13.4. The molecule has 2 heterocycles. The summed E-state index contributed by atoms with van der Waals surface area (Å²) in [6.45, 7) is 2.88. The van der Waals surface area contributed by atoms with Crippen molar-refractivity contribution in [2.45, 2.75) is 6.04 Å². The summed E-state index contributed by atoms with van der Waals surface area (Å²) in [6.07, 6.45) is 1.74. The van der Waals surface area contributed by atoms with Crippen LogP contribution in [-0.4, -0.2) is 59.5 Å². The van der Waals surface area contributed by atoms with Crippen LogP contribution in [0.15, 0.2) is 12.3 Å². The average molecular weight is 271 g/mol. The number of aryl methyl sites for hydroxylation is 1. The minimum Gasteiger partial charge on any atom is -0.345 e. The molecular formula is C12H19ClN4O. The summed E-state index contributed by atoms with van der Waals surface area (Å²) < 4.78 is 1.76. The van der Waals surface area contributed by atoms with E-state index in [0.29, 0.717) is 23.8 Å². The van der Waals surface area contributed by atoms with Gasteiger partial charge in [0, 0.05) is 39.4 Å². The quantitative estimate of drug-likeness (QED) is 0.846. The Morgan fingerprint density at radius 3 is 2.78 bits per heavy atom. The monoisotopic (exact) mass is 270 g/mol. The fourth-order valence-corrected chi connectivity index (χ4v) is 2.61. The van der Waals surface area contributed by atoms with Crippen LogP contribution in [0.2, 0.25) is 5.02 Å². The van der Waals surface area contributed by atoms with Crippen LogP contribution in [0, 0.1) is 0 Å². The van der Waals surface area contributed by atoms with Crippen molar-refractivity contribution in [2.75, 3.05) is 33.2 Å². The van der Waals surface area contributed by atoms with E-state index in [1.807, 2.05) is 19.0 Å². The number of amides is 1. The third kappa shape index (κ3) is 2.53. The number of likely N-dealkylation sites (N-methyl/N-ethyl adjacent to an activating group) is 1. The molecule has 2 rings (SSSR count). The van der Waals surface area contributed by atoms with Crippen LogP contribution in [0.4, 0.5) is 0 Å². The van der Waals surface area contributed by atoms with Crippen molar-refractivity contribution in [1.29, 1.82) is 0 Å². The zero-order chi connectivity index (χ0) is 13.3. The van der Waals surface area contributed by atoms with Gasteiger partial charge < -0.3 is 20.1 Å². The molecule has 5 nitrogen and oxygen atoms in total. The van der Waals surface area contributed by atoms with Crippen LogP contribution in [-0.2, 0) is 7.05 Å². The maximum absolute atomic E-state index is 12.5. The molecule has 100 valence electrons. The molecule has 18 heavy (non-hydrogen) atoms. The Hall–Kier alpha value is -1.04. The Kier molecular flexibility index (Phi) is 3.94. The van der Waals surface area contributed by atoms with Gasteiger partial charge >= 0.3 is 0 Å². The zero-order valence-electron chi connectivity index (χ0n) is 10.8. The lowest BCUT2D eigenvalue weighted by molar-refractivity contribution is 0.0507. The lowest BCUT2D eigenvalue weighted by Crippen LogP contribution is -2.57. The minimum absolute atomic E-state index is 0.00736. The van der Waals surface area contributed by atoms with Gasteiger partial charge in [0.05, 0.1) is 11.1 Å². The van der Waals surface area contributed by atoms with Crippen molar-refractivity contribution in [3.8, 4) is 0 Å². The summed E-state index contributed by atoms with van der Waals surface area (Å²) in [6, 6.07) is 1.78. The molecule has 1 aliphatic heterocycles. The van der Waals surface area contributed by atoms with Gasteiger partial charge in [-0.15, -0.1) is 0 Å². The normalized spacial score (nSPS) is 21.3. The fraction of sp³-hybridized carbons (Fsp3) is 0.583. The van der Waals surface area contributed by atoms with Gasteiger partial charge in [-0.05, 0) is 13.1 Å². The third-order valence-corrected chi connectivity index (χ3v) is 3.62. The molecule has 1 amide bonds. The van der Waals surface area contributed by atoms with Gasteiger partial charge in [-0.3, -0.25) is 4.79 Å². The summed E-state index contributed by atoms with van der Waals surface area (Å²) >= 11 is 5.92. The molecule has 2 N–H and O–H groups in total. The van der Waals surface area contributed by atoms with Gasteiger partial charge in [0.1, 0.15) is 5.69 Å². The molecule has 1 atom stereocenters. The van der Waals surface area contributed by atoms with E-state index in [1.165, 1.54) is 0 Å². The summed E-state index contributed by atoms with van der Waals surface area (Å²) in [7, 11) is 3.87. The molecule has 1 aromatic heterocycles. The Morgan fingerprint density at radius 1 is 1.50 bits per heavy atom. The number of rotatable bonds is 2. The summed E-state index contributed by atoms with van der Waals surface area (Å²) in [5.74, 6) is 0.00736. The summed E-state index contributed by atoms with van der Waals surface area (Å²) in [5.41, 5.74) is 6.38. The Morgan fingerprint density at radius 2 is 2.22 bits per heavy atom. The van der Waals surface area contributed by atoms with Crippen LogP contribution in [0.5, 0.6) is 0 Å². The molecule has 0 aromatic carbocycles. The molecule has 1 saturated heterocycles. The van der Waals surface area contributed by atoms with Crippen molar-refractivity contribution in [3.05, 3.63) is 23.0 Å². The highest BCUT2D eigenvalue weighted by Gasteiger charge is 2.29. The second kappa shape index (κ2) is 5.30. The smallest absolute Gasteiger partial charge is 0.270 e. The Balaban J connectivity index is 2.20. The van der Waals surface area contributed by atoms with Crippen LogP contribution in [0.1, 0.15) is 10.5 Å². The number of hydrogen-bond acceptors (Lipinski definition) is 3. The van der Waals surface area contributed by atoms with Gasteiger partial charge in [0.2, 0.25) is 0 Å². The van der Waals surface area contributed by atoms with Crippen molar-refractivity contribution >= 4 is 17.5 Å². The number of halogens is 1. The molecule has 0 radical (unpaired) electrons. The number of nitrogens with two attached hydrogens (primary N) is 1. The molecule has 1 aliphatic rings. The lowest BCUT2D eigenvalue weighted by Gasteiger charge is -2.39. The van der Waals surface area contributed by atoms with Crippen LogP contribution in [0.3, 0.4) is 0 Å². The van der Waals surface area contributed by atoms with Gasteiger partial charge in [-0.2, -0.15) is 0 Å². The third-order valence-electron chi connectivity index (χ3n) is 3.41. The number of carbonyl (C=O) groups is 1. The molecule has 1 fully saturated rings. The maximum atomic E-state index is 12.5. The largest absolute Gasteiger partial charge is 0.345 e. The van der Waals surface area contributed by atoms with E-state index < -0.39 is 0 Å². The highest BCUT2D eigenvalue weighted by atomic mass is 35.5. The van der Waals surface area contributed by atoms with Crippen LogP contribution < -0.4 is 5.73 Å². The zero-order valence-corrected chi connectivity index (χ0v) is 11.5. The summed E-state index contributed by atoms with van der Waals surface area (Å²) in [4.78, 5) is 16.5. The van der Waals surface area contributed by atoms with Crippen LogP contribution >= 0.6 is 11.6 Å². The Bertz CT molecular complexity index is 445. The maximum Gasteiger partial charge on any atom is 0.270 e. The number of aromatic nitrogens is 1. The first-order chi connectivity index (χ1) is 8.52. The predicted molar refractivity (Wildman–Crippen MR) is 71.8 cm³/mol. The van der Waals surface area contributed by atoms with E-state index in [1.54, 1.807) is 16.8 Å². The highest BCUT2D eigenvalue weighted by molar-refractivity contribution is 6.31. The van der Waals surface area contributed by atoms with Crippen LogP contribution in [0.25, 0.3) is 0 Å². The van der Waals surface area contributed by atoms with E-state index in [-0.39, 0.29) is 11.9 Å². The molecule has 0 spiro atoms. The molecule has 0 aliphatic carbocycles. The van der Waals surface area contributed by atoms with Crippen molar-refractivity contribution < 1.29 is 4.79 Å². The average Bonchev–Trinajstić information content (AvgIpc) is 2.67. The minimum atomic E-state index is 0.00736. The van der Waals surface area contributed by atoms with E-state index in [9.17, 15) is 4.79 Å². The van der Waals surface area contributed by atoms with E-state index in [4.69, 9.17) is 17.3 Å². The SMILES string of the molecule is CN1CCN(C(=O)c2cc(Cl)cn2C)C(CN)C1. The first-order valence-corrected chi connectivity index (χ1v) is 6.42. The number of piperazine rings is 1. The Labute approximate surface area is 112 Å². The fourth-order valence-electron chi connectivity index (χ4n) is 2.36.